The summed E-state index contributed by atoms with van der Waals surface area (Å²) in [5.74, 6) is -0.458. The highest BCUT2D eigenvalue weighted by molar-refractivity contribution is 9.10. The summed E-state index contributed by atoms with van der Waals surface area (Å²) in [4.78, 5) is 41.3. The number of amides is 1. The predicted octanol–water partition coefficient (Wildman–Crippen LogP) is 5.69. The highest BCUT2D eigenvalue weighted by Gasteiger charge is 2.20. The van der Waals surface area contributed by atoms with Gasteiger partial charge in [-0.15, -0.1) is 0 Å². The molecule has 2 heterocycles. The Bertz CT molecular complexity index is 1360. The van der Waals surface area contributed by atoms with Gasteiger partial charge >= 0.3 is 5.97 Å². The Hall–Kier alpha value is -3.63. The Morgan fingerprint density at radius 2 is 1.80 bits per heavy atom. The van der Waals surface area contributed by atoms with Crippen LogP contribution in [0.25, 0.3) is 5.69 Å². The number of carbonyl (C=O) groups excluding carboxylic acids is 3. The number of esters is 1. The molecule has 178 valence electrons. The molecular formula is C25H20BrN3O5S. The van der Waals surface area contributed by atoms with Crippen molar-refractivity contribution in [3.63, 3.8) is 0 Å². The van der Waals surface area contributed by atoms with Gasteiger partial charge in [-0.25, -0.2) is 9.78 Å². The number of ketones is 1. The largest absolute Gasteiger partial charge is 0.457 e. The summed E-state index contributed by atoms with van der Waals surface area (Å²) in [6.45, 7) is 3.27. The molecule has 0 fully saturated rings. The molecule has 8 nitrogen and oxygen atoms in total. The number of aromatic nitrogens is 2. The molecule has 0 spiro atoms. The molecule has 0 saturated carbocycles. The van der Waals surface area contributed by atoms with E-state index in [0.29, 0.717) is 28.0 Å². The summed E-state index contributed by atoms with van der Waals surface area (Å²) < 4.78 is 12.9. The fourth-order valence-electron chi connectivity index (χ4n) is 3.33. The second-order valence-corrected chi connectivity index (χ2v) is 9.28. The maximum Gasteiger partial charge on any atom is 0.379 e. The van der Waals surface area contributed by atoms with Crippen molar-refractivity contribution in [2.24, 2.45) is 0 Å². The first-order valence-electron chi connectivity index (χ1n) is 10.5. The van der Waals surface area contributed by atoms with Crippen molar-refractivity contribution in [2.75, 3.05) is 11.1 Å². The zero-order chi connectivity index (χ0) is 24.9. The Morgan fingerprint density at radius 1 is 1.09 bits per heavy atom. The molecule has 10 heteroatoms. The highest BCUT2D eigenvalue weighted by atomic mass is 79.9. The van der Waals surface area contributed by atoms with Gasteiger partial charge in [-0.1, -0.05) is 27.7 Å². The first kappa shape index (κ1) is 24.5. The van der Waals surface area contributed by atoms with Gasteiger partial charge in [0.2, 0.25) is 11.7 Å². The smallest absolute Gasteiger partial charge is 0.379 e. The van der Waals surface area contributed by atoms with Crippen LogP contribution >= 0.6 is 27.7 Å². The van der Waals surface area contributed by atoms with Crippen LogP contribution in [0.1, 0.15) is 33.7 Å². The van der Waals surface area contributed by atoms with E-state index in [1.165, 1.54) is 31.0 Å². The van der Waals surface area contributed by atoms with Crippen molar-refractivity contribution >= 4 is 51.0 Å². The first-order valence-corrected chi connectivity index (χ1v) is 12.2. The maximum atomic E-state index is 12.6. The summed E-state index contributed by atoms with van der Waals surface area (Å²) in [6, 6.07) is 17.0. The topological polar surface area (TPSA) is 103 Å². The van der Waals surface area contributed by atoms with E-state index in [1.807, 2.05) is 24.3 Å². The zero-order valence-electron chi connectivity index (χ0n) is 18.8. The molecule has 2 aromatic heterocycles. The van der Waals surface area contributed by atoms with Crippen molar-refractivity contribution in [1.29, 1.82) is 0 Å². The number of halogens is 1. The summed E-state index contributed by atoms with van der Waals surface area (Å²) >= 11 is 4.65. The number of hydrogen-bond acceptors (Lipinski definition) is 7. The number of furan rings is 1. The van der Waals surface area contributed by atoms with Crippen molar-refractivity contribution in [2.45, 2.75) is 19.0 Å². The minimum absolute atomic E-state index is 0.0829. The number of imidazole rings is 1. The van der Waals surface area contributed by atoms with Gasteiger partial charge in [0, 0.05) is 22.8 Å². The van der Waals surface area contributed by atoms with Crippen molar-refractivity contribution in [3.8, 4) is 11.4 Å². The monoisotopic (exact) mass is 553 g/mol. The summed E-state index contributed by atoms with van der Waals surface area (Å²) in [5, 5.41) is 3.35. The van der Waals surface area contributed by atoms with Gasteiger partial charge in [0.15, 0.2) is 10.9 Å². The number of carbonyl (C=O) groups is 3. The number of nitrogens with one attached hydrogen (secondary N) is 1. The van der Waals surface area contributed by atoms with Crippen LogP contribution in [0.3, 0.4) is 0 Å². The number of ether oxygens (including phenoxy) is 1. The molecule has 0 radical (unpaired) electrons. The number of Topliss-reactive ketones (excluding diaryl/α,β-unsaturated/α-hetero) is 1. The molecular weight excluding hydrogens is 534 g/mol. The van der Waals surface area contributed by atoms with Crippen molar-refractivity contribution in [3.05, 3.63) is 88.5 Å². The Kier molecular flexibility index (Phi) is 7.52. The van der Waals surface area contributed by atoms with Crippen LogP contribution in [0.5, 0.6) is 5.75 Å². The predicted molar refractivity (Wildman–Crippen MR) is 135 cm³/mol. The van der Waals surface area contributed by atoms with Crippen LogP contribution in [0.4, 0.5) is 5.69 Å². The standard InChI is InChI=1S/C25H20BrN3O5S/c1-15-23(16(2)30)29(19-9-5-17(26)6-10-19)25(27-15)35-14-22(31)28-18-7-11-20(12-8-18)34-24(32)21-4-3-13-33-21/h3-13H,14H2,1-2H3,(H,28,31). The molecule has 0 atom stereocenters. The van der Waals surface area contributed by atoms with E-state index in [0.717, 1.165) is 10.2 Å². The molecule has 0 bridgehead atoms. The molecule has 35 heavy (non-hydrogen) atoms. The van der Waals surface area contributed by atoms with Crippen molar-refractivity contribution in [1.82, 2.24) is 9.55 Å². The Balaban J connectivity index is 1.41. The minimum atomic E-state index is -0.607. The third kappa shape index (κ3) is 5.90. The van der Waals surface area contributed by atoms with E-state index < -0.39 is 5.97 Å². The molecule has 4 aromatic rings. The SMILES string of the molecule is CC(=O)c1c(C)nc(SCC(=O)Nc2ccc(OC(=O)c3ccco3)cc2)n1-c1ccc(Br)cc1. The van der Waals surface area contributed by atoms with E-state index in [-0.39, 0.29) is 23.2 Å². The van der Waals surface area contributed by atoms with E-state index in [9.17, 15) is 14.4 Å². The number of rotatable bonds is 8. The highest BCUT2D eigenvalue weighted by Crippen LogP contribution is 2.27. The molecule has 0 aliphatic heterocycles. The van der Waals surface area contributed by atoms with Gasteiger partial charge in [0.05, 0.1) is 17.7 Å². The number of anilines is 1. The number of benzene rings is 2. The zero-order valence-corrected chi connectivity index (χ0v) is 21.2. The maximum absolute atomic E-state index is 12.6. The van der Waals surface area contributed by atoms with Crippen LogP contribution in [0, 0.1) is 6.92 Å². The average Bonchev–Trinajstić information content (AvgIpc) is 3.48. The number of thioether (sulfide) groups is 1. The molecule has 0 aliphatic carbocycles. The lowest BCUT2D eigenvalue weighted by Crippen LogP contribution is -2.15. The molecule has 0 aliphatic rings. The molecule has 0 unspecified atom stereocenters. The van der Waals surface area contributed by atoms with Gasteiger partial charge in [0.1, 0.15) is 11.4 Å². The van der Waals surface area contributed by atoms with E-state index in [1.54, 1.807) is 41.8 Å². The minimum Gasteiger partial charge on any atom is -0.457 e. The van der Waals surface area contributed by atoms with Crippen LogP contribution in [-0.4, -0.2) is 33.0 Å². The number of nitrogens with zero attached hydrogens (tertiary/aromatic N) is 2. The third-order valence-electron chi connectivity index (χ3n) is 4.84. The first-order chi connectivity index (χ1) is 16.8. The van der Waals surface area contributed by atoms with Crippen LogP contribution in [0.15, 0.2) is 81.0 Å². The lowest BCUT2D eigenvalue weighted by Gasteiger charge is -2.11. The second-order valence-electron chi connectivity index (χ2n) is 7.42. The van der Waals surface area contributed by atoms with Crippen LogP contribution < -0.4 is 10.1 Å². The lowest BCUT2D eigenvalue weighted by molar-refractivity contribution is -0.113. The van der Waals surface area contributed by atoms with E-state index in [2.05, 4.69) is 26.2 Å². The van der Waals surface area contributed by atoms with E-state index in [4.69, 9.17) is 9.15 Å². The molecule has 1 N–H and O–H groups in total. The number of hydrogen-bond donors (Lipinski definition) is 1. The van der Waals surface area contributed by atoms with E-state index >= 15 is 0 Å². The fraction of sp³-hybridized carbons (Fsp3) is 0.120. The fourth-order valence-corrected chi connectivity index (χ4v) is 4.45. The molecule has 2 aromatic carbocycles. The van der Waals surface area contributed by atoms with Gasteiger partial charge in [-0.2, -0.15) is 0 Å². The second kappa shape index (κ2) is 10.7. The van der Waals surface area contributed by atoms with Gasteiger partial charge in [0.25, 0.3) is 0 Å². The average molecular weight is 554 g/mol. The lowest BCUT2D eigenvalue weighted by atomic mass is 10.2. The summed E-state index contributed by atoms with van der Waals surface area (Å²) in [6.07, 6.45) is 1.39. The normalized spacial score (nSPS) is 10.7. The Labute approximate surface area is 213 Å². The number of aryl methyl sites for hydroxylation is 1. The van der Waals surface area contributed by atoms with Crippen molar-refractivity contribution < 1.29 is 23.5 Å². The quantitative estimate of drug-likeness (QED) is 0.129. The van der Waals surface area contributed by atoms with Gasteiger partial charge in [-0.3, -0.25) is 14.2 Å². The third-order valence-corrected chi connectivity index (χ3v) is 6.31. The molecule has 4 rings (SSSR count). The summed E-state index contributed by atoms with van der Waals surface area (Å²) in [5.41, 5.74) is 2.41. The van der Waals surface area contributed by atoms with Gasteiger partial charge in [-0.05, 0) is 67.6 Å². The van der Waals surface area contributed by atoms with Crippen LogP contribution in [-0.2, 0) is 4.79 Å². The summed E-state index contributed by atoms with van der Waals surface area (Å²) in [7, 11) is 0. The molecule has 0 saturated heterocycles. The van der Waals surface area contributed by atoms with Gasteiger partial charge < -0.3 is 14.5 Å². The van der Waals surface area contributed by atoms with Crippen LogP contribution in [0.2, 0.25) is 0 Å². The Morgan fingerprint density at radius 3 is 2.43 bits per heavy atom. The molecule has 1 amide bonds.